The highest BCUT2D eigenvalue weighted by Gasteiger charge is 2.38. The Labute approximate surface area is 108 Å². The molecule has 2 rings (SSSR count). The van der Waals surface area contributed by atoms with Crippen molar-refractivity contribution in [3.8, 4) is 0 Å². The molecular weight excluding hydrogens is 236 g/mol. The average molecular weight is 256 g/mol. The number of hydrogen-bond donors (Lipinski definition) is 1. The molecular formula is C12H20N2O2S. The van der Waals surface area contributed by atoms with Crippen LogP contribution in [0.15, 0.2) is 0 Å². The topological polar surface area (TPSA) is 40.6 Å². The lowest BCUT2D eigenvalue weighted by atomic mass is 10.1. The fourth-order valence-electron chi connectivity index (χ4n) is 2.54. The van der Waals surface area contributed by atoms with Crippen molar-refractivity contribution >= 4 is 24.4 Å². The van der Waals surface area contributed by atoms with Gasteiger partial charge in [-0.25, -0.2) is 0 Å². The number of nitrogens with zero attached hydrogens (tertiary/aromatic N) is 2. The van der Waals surface area contributed by atoms with E-state index < -0.39 is 0 Å². The third-order valence-electron chi connectivity index (χ3n) is 3.69. The Morgan fingerprint density at radius 1 is 1.41 bits per heavy atom. The van der Waals surface area contributed by atoms with Crippen molar-refractivity contribution in [1.29, 1.82) is 0 Å². The van der Waals surface area contributed by atoms with Crippen LogP contribution in [0.2, 0.25) is 0 Å². The van der Waals surface area contributed by atoms with Crippen LogP contribution in [0.5, 0.6) is 0 Å². The summed E-state index contributed by atoms with van der Waals surface area (Å²) in [6, 6.07) is 0.243. The van der Waals surface area contributed by atoms with E-state index in [2.05, 4.69) is 12.6 Å². The van der Waals surface area contributed by atoms with E-state index >= 15 is 0 Å². The zero-order valence-corrected chi connectivity index (χ0v) is 11.3. The van der Waals surface area contributed by atoms with Crippen LogP contribution < -0.4 is 0 Å². The van der Waals surface area contributed by atoms with Gasteiger partial charge in [0, 0.05) is 32.1 Å². The van der Waals surface area contributed by atoms with E-state index in [9.17, 15) is 9.59 Å². The zero-order valence-electron chi connectivity index (χ0n) is 10.4. The first-order valence-electron chi connectivity index (χ1n) is 6.27. The molecule has 2 atom stereocenters. The smallest absolute Gasteiger partial charge is 0.235 e. The molecule has 96 valence electrons. The molecule has 0 spiro atoms. The van der Waals surface area contributed by atoms with Gasteiger partial charge in [0.1, 0.15) is 0 Å². The SMILES string of the molecule is CC(C)C(S)C(=O)N1CCN2C(=O)CCC2C1. The van der Waals surface area contributed by atoms with Crippen LogP contribution in [0.3, 0.4) is 0 Å². The quantitative estimate of drug-likeness (QED) is 0.742. The minimum absolute atomic E-state index is 0.113. The van der Waals surface area contributed by atoms with Gasteiger partial charge in [-0.1, -0.05) is 13.8 Å². The van der Waals surface area contributed by atoms with Crippen molar-refractivity contribution < 1.29 is 9.59 Å². The van der Waals surface area contributed by atoms with Gasteiger partial charge in [-0.3, -0.25) is 9.59 Å². The van der Waals surface area contributed by atoms with Crippen molar-refractivity contribution in [3.63, 3.8) is 0 Å². The fraction of sp³-hybridized carbons (Fsp3) is 0.833. The first kappa shape index (κ1) is 12.7. The van der Waals surface area contributed by atoms with Gasteiger partial charge >= 0.3 is 0 Å². The summed E-state index contributed by atoms with van der Waals surface area (Å²) in [5.41, 5.74) is 0. The van der Waals surface area contributed by atoms with Gasteiger partial charge in [-0.05, 0) is 12.3 Å². The third-order valence-corrected chi connectivity index (χ3v) is 4.51. The highest BCUT2D eigenvalue weighted by Crippen LogP contribution is 2.24. The lowest BCUT2D eigenvalue weighted by Gasteiger charge is -2.38. The van der Waals surface area contributed by atoms with E-state index in [1.165, 1.54) is 0 Å². The predicted octanol–water partition coefficient (Wildman–Crippen LogP) is 0.774. The number of piperazine rings is 1. The number of amides is 2. The molecule has 0 radical (unpaired) electrons. The molecule has 17 heavy (non-hydrogen) atoms. The van der Waals surface area contributed by atoms with E-state index in [0.29, 0.717) is 26.1 Å². The number of carbonyl (C=O) groups is 2. The zero-order chi connectivity index (χ0) is 12.6. The summed E-state index contributed by atoms with van der Waals surface area (Å²) in [5.74, 6) is 0.602. The van der Waals surface area contributed by atoms with Crippen LogP contribution in [0, 0.1) is 5.92 Å². The summed E-state index contributed by atoms with van der Waals surface area (Å²) in [6.07, 6.45) is 1.53. The Morgan fingerprint density at radius 3 is 2.76 bits per heavy atom. The van der Waals surface area contributed by atoms with Crippen LogP contribution in [0.1, 0.15) is 26.7 Å². The molecule has 2 unspecified atom stereocenters. The van der Waals surface area contributed by atoms with Crippen molar-refractivity contribution in [1.82, 2.24) is 9.80 Å². The molecule has 0 aromatic heterocycles. The lowest BCUT2D eigenvalue weighted by molar-refractivity contribution is -0.139. The maximum atomic E-state index is 12.2. The standard InChI is InChI=1S/C12H20N2O2S/c1-8(2)11(17)12(16)13-5-6-14-9(7-13)3-4-10(14)15/h8-9,11,17H,3-7H2,1-2H3. The number of carbonyl (C=O) groups excluding carboxylic acids is 2. The van der Waals surface area contributed by atoms with E-state index in [1.807, 2.05) is 23.6 Å². The van der Waals surface area contributed by atoms with Gasteiger partial charge in [-0.2, -0.15) is 12.6 Å². The molecule has 0 bridgehead atoms. The van der Waals surface area contributed by atoms with Crippen molar-refractivity contribution in [2.75, 3.05) is 19.6 Å². The van der Waals surface area contributed by atoms with Crippen molar-refractivity contribution in [2.45, 2.75) is 38.0 Å². The van der Waals surface area contributed by atoms with Gasteiger partial charge in [0.2, 0.25) is 11.8 Å². The molecule has 5 heteroatoms. The Hall–Kier alpha value is -0.710. The summed E-state index contributed by atoms with van der Waals surface area (Å²) in [7, 11) is 0. The second kappa shape index (κ2) is 4.88. The second-order valence-electron chi connectivity index (χ2n) is 5.25. The highest BCUT2D eigenvalue weighted by atomic mass is 32.1. The highest BCUT2D eigenvalue weighted by molar-refractivity contribution is 7.81. The first-order valence-corrected chi connectivity index (χ1v) is 6.78. The summed E-state index contributed by atoms with van der Waals surface area (Å²) in [4.78, 5) is 27.5. The van der Waals surface area contributed by atoms with Gasteiger partial charge in [0.25, 0.3) is 0 Å². The van der Waals surface area contributed by atoms with E-state index in [-0.39, 0.29) is 29.0 Å². The lowest BCUT2D eigenvalue weighted by Crippen LogP contribution is -2.55. The minimum Gasteiger partial charge on any atom is -0.338 e. The Balaban J connectivity index is 1.97. The largest absolute Gasteiger partial charge is 0.338 e. The number of rotatable bonds is 2. The van der Waals surface area contributed by atoms with Crippen LogP contribution in [-0.2, 0) is 9.59 Å². The molecule has 0 saturated carbocycles. The summed E-state index contributed by atoms with van der Waals surface area (Å²) < 4.78 is 0. The molecule has 2 fully saturated rings. The van der Waals surface area contributed by atoms with E-state index in [4.69, 9.17) is 0 Å². The fourth-order valence-corrected chi connectivity index (χ4v) is 2.70. The van der Waals surface area contributed by atoms with Crippen LogP contribution in [0.25, 0.3) is 0 Å². The molecule has 2 heterocycles. The normalized spacial score (nSPS) is 26.4. The number of hydrogen-bond acceptors (Lipinski definition) is 3. The Kier molecular flexibility index (Phi) is 3.66. The Bertz CT molecular complexity index is 332. The molecule has 2 saturated heterocycles. The monoisotopic (exact) mass is 256 g/mol. The predicted molar refractivity (Wildman–Crippen MR) is 68.9 cm³/mol. The number of thiol groups is 1. The maximum Gasteiger partial charge on any atom is 0.235 e. The van der Waals surface area contributed by atoms with Gasteiger partial charge < -0.3 is 9.80 Å². The molecule has 0 N–H and O–H groups in total. The molecule has 2 aliphatic heterocycles. The van der Waals surface area contributed by atoms with Crippen LogP contribution in [0.4, 0.5) is 0 Å². The molecule has 2 amide bonds. The molecule has 0 aliphatic carbocycles. The van der Waals surface area contributed by atoms with E-state index in [0.717, 1.165) is 6.42 Å². The minimum atomic E-state index is -0.223. The molecule has 2 aliphatic rings. The maximum absolute atomic E-state index is 12.2. The summed E-state index contributed by atoms with van der Waals surface area (Å²) >= 11 is 4.37. The van der Waals surface area contributed by atoms with Crippen LogP contribution in [-0.4, -0.2) is 52.5 Å². The van der Waals surface area contributed by atoms with E-state index in [1.54, 1.807) is 0 Å². The Morgan fingerprint density at radius 2 is 2.12 bits per heavy atom. The number of fused-ring (bicyclic) bond motifs is 1. The third kappa shape index (κ3) is 2.44. The first-order chi connectivity index (χ1) is 8.00. The van der Waals surface area contributed by atoms with Gasteiger partial charge in [-0.15, -0.1) is 0 Å². The molecule has 0 aromatic carbocycles. The molecule has 4 nitrogen and oxygen atoms in total. The van der Waals surface area contributed by atoms with Gasteiger partial charge in [0.15, 0.2) is 0 Å². The summed E-state index contributed by atoms with van der Waals surface area (Å²) in [6.45, 7) is 6.04. The average Bonchev–Trinajstić information content (AvgIpc) is 2.68. The van der Waals surface area contributed by atoms with Crippen molar-refractivity contribution in [3.05, 3.63) is 0 Å². The van der Waals surface area contributed by atoms with Crippen LogP contribution >= 0.6 is 12.6 Å². The summed E-state index contributed by atoms with van der Waals surface area (Å²) in [5, 5.41) is -0.223. The second-order valence-corrected chi connectivity index (χ2v) is 5.81. The van der Waals surface area contributed by atoms with Crippen molar-refractivity contribution in [2.24, 2.45) is 5.92 Å². The molecule has 0 aromatic rings. The van der Waals surface area contributed by atoms with Gasteiger partial charge in [0.05, 0.1) is 5.25 Å².